The highest BCUT2D eigenvalue weighted by Gasteiger charge is 2.25. The van der Waals surface area contributed by atoms with Gasteiger partial charge in [-0.05, 0) is 86.5 Å². The number of allylic oxidation sites excluding steroid dienone is 3. The van der Waals surface area contributed by atoms with Crippen molar-refractivity contribution < 1.29 is 4.42 Å². The molecule has 1 unspecified atom stereocenters. The fourth-order valence-electron chi connectivity index (χ4n) is 8.91. The summed E-state index contributed by atoms with van der Waals surface area (Å²) in [5.74, 6) is 0.288. The van der Waals surface area contributed by atoms with Crippen LogP contribution < -0.4 is 4.90 Å². The molecule has 0 spiro atoms. The average Bonchev–Trinajstić information content (AvgIpc) is 3.70. The fourth-order valence-corrected chi connectivity index (χ4v) is 8.91. The second kappa shape index (κ2) is 14.3. The molecule has 274 valence electrons. The minimum absolute atomic E-state index is 0.288. The van der Waals surface area contributed by atoms with Gasteiger partial charge < -0.3 is 9.32 Å². The molecule has 1 heterocycles. The molecule has 0 N–H and O–H groups in total. The molecule has 1 aliphatic carbocycles. The lowest BCUT2D eigenvalue weighted by Crippen LogP contribution is -2.18. The van der Waals surface area contributed by atoms with Gasteiger partial charge in [0.1, 0.15) is 11.2 Å². The van der Waals surface area contributed by atoms with Gasteiger partial charge in [0.25, 0.3) is 0 Å². The fraction of sp³-hybridized carbons (Fsp3) is 0.0357. The van der Waals surface area contributed by atoms with E-state index in [2.05, 4.69) is 223 Å². The van der Waals surface area contributed by atoms with E-state index in [0.717, 1.165) is 50.8 Å². The zero-order chi connectivity index (χ0) is 38.4. The lowest BCUT2D eigenvalue weighted by Gasteiger charge is -2.30. The van der Waals surface area contributed by atoms with Gasteiger partial charge in [0.2, 0.25) is 0 Å². The third-order valence-corrected chi connectivity index (χ3v) is 11.8. The molecule has 58 heavy (non-hydrogen) atoms. The Morgan fingerprint density at radius 2 is 1.02 bits per heavy atom. The van der Waals surface area contributed by atoms with Gasteiger partial charge in [-0.15, -0.1) is 0 Å². The van der Waals surface area contributed by atoms with Gasteiger partial charge in [-0.3, -0.25) is 0 Å². The molecule has 0 amide bonds. The van der Waals surface area contributed by atoms with E-state index in [1.165, 1.54) is 55.1 Å². The van der Waals surface area contributed by atoms with E-state index in [1.807, 2.05) is 0 Å². The first-order chi connectivity index (χ1) is 28.8. The molecule has 0 bridgehead atoms. The van der Waals surface area contributed by atoms with Crippen LogP contribution in [0, 0.1) is 0 Å². The van der Waals surface area contributed by atoms with Gasteiger partial charge in [-0.2, -0.15) is 0 Å². The van der Waals surface area contributed by atoms with Crippen LogP contribution >= 0.6 is 0 Å². The molecule has 1 atom stereocenters. The van der Waals surface area contributed by atoms with Crippen LogP contribution in [-0.2, 0) is 0 Å². The number of furan rings is 1. The summed E-state index contributed by atoms with van der Waals surface area (Å²) in [4.78, 5) is 2.45. The summed E-state index contributed by atoms with van der Waals surface area (Å²) in [5.41, 5.74) is 13.7. The Hall–Kier alpha value is -7.42. The molecule has 1 aliphatic rings. The number of rotatable bonds is 7. The van der Waals surface area contributed by atoms with E-state index in [9.17, 15) is 0 Å². The van der Waals surface area contributed by atoms with E-state index in [4.69, 9.17) is 4.42 Å². The van der Waals surface area contributed by atoms with Crippen molar-refractivity contribution in [3.63, 3.8) is 0 Å². The summed E-state index contributed by atoms with van der Waals surface area (Å²) in [7, 11) is 0. The van der Waals surface area contributed by atoms with Crippen LogP contribution in [-0.4, -0.2) is 0 Å². The van der Waals surface area contributed by atoms with Crippen LogP contribution in [0.1, 0.15) is 17.9 Å². The number of anilines is 2. The Kier molecular flexibility index (Phi) is 8.33. The molecule has 2 nitrogen and oxygen atoms in total. The van der Waals surface area contributed by atoms with Crippen LogP contribution in [0.2, 0.25) is 0 Å². The number of benzene rings is 9. The standard InChI is InChI=1S/C56H39NO/c1-3-13-38(14-4-1)40-25-27-42(28-26-40)43-33-35-46(36-34-43)57(52-22-11-18-44-17-7-8-19-47(44)52)53-23-12-24-54-55(53)51-37-50(48-20-9-10-21-49(48)56(51)58-54)45-31-29-41(30-32-45)39-15-5-2-6-16-39/h1-33,35-37,43H,34H2. The first-order valence-corrected chi connectivity index (χ1v) is 20.1. The lowest BCUT2D eigenvalue weighted by atomic mass is 9.90. The Morgan fingerprint density at radius 3 is 1.72 bits per heavy atom. The summed E-state index contributed by atoms with van der Waals surface area (Å²) < 4.78 is 6.89. The quantitative estimate of drug-likeness (QED) is 0.162. The lowest BCUT2D eigenvalue weighted by molar-refractivity contribution is 0.672. The number of hydrogen-bond donors (Lipinski definition) is 0. The molecule has 11 rings (SSSR count). The molecule has 1 aromatic heterocycles. The summed E-state index contributed by atoms with van der Waals surface area (Å²) in [6, 6.07) is 72.1. The van der Waals surface area contributed by atoms with Crippen molar-refractivity contribution in [3.8, 4) is 33.4 Å². The molecule has 9 aromatic carbocycles. The summed E-state index contributed by atoms with van der Waals surface area (Å²) >= 11 is 0. The Balaban J connectivity index is 1.06. The molecule has 0 saturated heterocycles. The summed E-state index contributed by atoms with van der Waals surface area (Å²) in [6.07, 6.45) is 8.00. The highest BCUT2D eigenvalue weighted by Crippen LogP contribution is 2.47. The van der Waals surface area contributed by atoms with E-state index in [1.54, 1.807) is 0 Å². The first kappa shape index (κ1) is 33.9. The Bertz CT molecular complexity index is 3170. The molecule has 0 saturated carbocycles. The maximum Gasteiger partial charge on any atom is 0.143 e. The van der Waals surface area contributed by atoms with Gasteiger partial charge in [0.15, 0.2) is 0 Å². The van der Waals surface area contributed by atoms with Crippen molar-refractivity contribution in [1.82, 2.24) is 0 Å². The second-order valence-electron chi connectivity index (χ2n) is 15.2. The minimum atomic E-state index is 0.288. The van der Waals surface area contributed by atoms with Crippen molar-refractivity contribution in [3.05, 3.63) is 230 Å². The normalized spacial score (nSPS) is 14.0. The maximum atomic E-state index is 6.89. The number of fused-ring (bicyclic) bond motifs is 6. The maximum absolute atomic E-state index is 6.89. The number of nitrogens with zero attached hydrogens (tertiary/aromatic N) is 1. The molecular weight excluding hydrogens is 703 g/mol. The Labute approximate surface area is 338 Å². The van der Waals surface area contributed by atoms with Crippen LogP contribution in [0.3, 0.4) is 0 Å². The zero-order valence-electron chi connectivity index (χ0n) is 31.9. The van der Waals surface area contributed by atoms with Crippen LogP contribution in [0.25, 0.3) is 76.9 Å². The molecule has 0 radical (unpaired) electrons. The van der Waals surface area contributed by atoms with Crippen LogP contribution in [0.15, 0.2) is 229 Å². The van der Waals surface area contributed by atoms with E-state index in [0.29, 0.717) is 0 Å². The SMILES string of the molecule is C1=CC(c2ccc(-c3ccccc3)cc2)CC=C1N(c1cccc2ccccc12)c1cccc2oc3c4ccccc4c(-c4ccc(-c5ccccc5)cc4)cc3c12. The van der Waals surface area contributed by atoms with E-state index >= 15 is 0 Å². The number of hydrogen-bond acceptors (Lipinski definition) is 2. The molecule has 10 aromatic rings. The molecule has 2 heteroatoms. The highest BCUT2D eigenvalue weighted by atomic mass is 16.3. The molecular formula is C56H39NO. The summed E-state index contributed by atoms with van der Waals surface area (Å²) in [5, 5.41) is 6.90. The van der Waals surface area contributed by atoms with Gasteiger partial charge in [0.05, 0.1) is 16.8 Å². The monoisotopic (exact) mass is 741 g/mol. The van der Waals surface area contributed by atoms with Crippen LogP contribution in [0.4, 0.5) is 11.4 Å². The predicted octanol–water partition coefficient (Wildman–Crippen LogP) is 15.7. The van der Waals surface area contributed by atoms with Crippen molar-refractivity contribution >= 4 is 54.9 Å². The zero-order valence-corrected chi connectivity index (χ0v) is 31.9. The highest BCUT2D eigenvalue weighted by molar-refractivity contribution is 6.22. The predicted molar refractivity (Wildman–Crippen MR) is 245 cm³/mol. The van der Waals surface area contributed by atoms with E-state index < -0.39 is 0 Å². The average molecular weight is 742 g/mol. The summed E-state index contributed by atoms with van der Waals surface area (Å²) in [6.45, 7) is 0. The van der Waals surface area contributed by atoms with Gasteiger partial charge in [0, 0.05) is 27.8 Å². The Morgan fingerprint density at radius 1 is 0.448 bits per heavy atom. The van der Waals surface area contributed by atoms with Crippen molar-refractivity contribution in [2.24, 2.45) is 0 Å². The third-order valence-electron chi connectivity index (χ3n) is 11.8. The second-order valence-corrected chi connectivity index (χ2v) is 15.2. The largest absolute Gasteiger partial charge is 0.455 e. The topological polar surface area (TPSA) is 16.4 Å². The minimum Gasteiger partial charge on any atom is -0.455 e. The molecule has 0 aliphatic heterocycles. The third kappa shape index (κ3) is 5.90. The van der Waals surface area contributed by atoms with Crippen LogP contribution in [0.5, 0.6) is 0 Å². The van der Waals surface area contributed by atoms with Crippen molar-refractivity contribution in [2.45, 2.75) is 12.3 Å². The smallest absolute Gasteiger partial charge is 0.143 e. The van der Waals surface area contributed by atoms with Gasteiger partial charge in [-0.1, -0.05) is 188 Å². The first-order valence-electron chi connectivity index (χ1n) is 20.1. The van der Waals surface area contributed by atoms with E-state index in [-0.39, 0.29) is 5.92 Å². The van der Waals surface area contributed by atoms with Crippen molar-refractivity contribution in [1.29, 1.82) is 0 Å². The molecule has 0 fully saturated rings. The van der Waals surface area contributed by atoms with Gasteiger partial charge in [-0.25, -0.2) is 0 Å². The van der Waals surface area contributed by atoms with Crippen molar-refractivity contribution in [2.75, 3.05) is 4.90 Å². The van der Waals surface area contributed by atoms with Gasteiger partial charge >= 0.3 is 0 Å².